The number of hydrogen-bond donors (Lipinski definition) is 2. The predicted octanol–water partition coefficient (Wildman–Crippen LogP) is 0.606. The first-order chi connectivity index (χ1) is 9.35. The van der Waals surface area contributed by atoms with Crippen molar-refractivity contribution in [3.63, 3.8) is 0 Å². The second-order valence-electron chi connectivity index (χ2n) is 5.64. The number of fused-ring (bicyclic) bond motifs is 1. The first-order valence-electron chi connectivity index (χ1n) is 6.88. The Bertz CT molecular complexity index is 589. The van der Waals surface area contributed by atoms with Gasteiger partial charge in [-0.2, -0.15) is 4.52 Å². The zero-order valence-corrected chi connectivity index (χ0v) is 10.7. The van der Waals surface area contributed by atoms with E-state index in [2.05, 4.69) is 31.1 Å². The first-order valence-corrected chi connectivity index (χ1v) is 6.88. The average Bonchev–Trinajstić information content (AvgIpc) is 2.87. The number of piperidine rings is 1. The van der Waals surface area contributed by atoms with E-state index < -0.39 is 0 Å². The van der Waals surface area contributed by atoms with Crippen LogP contribution in [0.5, 0.6) is 0 Å². The highest BCUT2D eigenvalue weighted by atomic mass is 15.5. The lowest BCUT2D eigenvalue weighted by atomic mass is 9.70. The van der Waals surface area contributed by atoms with E-state index in [1.54, 1.807) is 16.9 Å². The maximum Gasteiger partial charge on any atom is 0.199 e. The van der Waals surface area contributed by atoms with Crippen LogP contribution in [0.1, 0.15) is 32.1 Å². The van der Waals surface area contributed by atoms with Gasteiger partial charge in [-0.1, -0.05) is 0 Å². The number of nitrogens with zero attached hydrogens (tertiary/aromatic N) is 5. The Balaban J connectivity index is 1.56. The van der Waals surface area contributed by atoms with Gasteiger partial charge in [-0.15, -0.1) is 5.10 Å². The first kappa shape index (κ1) is 11.1. The molecule has 2 aromatic rings. The molecule has 0 amide bonds. The molecule has 4 rings (SSSR count). The molecule has 2 fully saturated rings. The summed E-state index contributed by atoms with van der Waals surface area (Å²) >= 11 is 0. The summed E-state index contributed by atoms with van der Waals surface area (Å²) in [6.45, 7) is 1.08. The smallest absolute Gasteiger partial charge is 0.199 e. The Morgan fingerprint density at radius 2 is 2.32 bits per heavy atom. The molecule has 2 aromatic heterocycles. The van der Waals surface area contributed by atoms with E-state index in [-0.39, 0.29) is 0 Å². The molecule has 0 aromatic carbocycles. The maximum absolute atomic E-state index is 4.18. The van der Waals surface area contributed by atoms with Crippen molar-refractivity contribution in [2.75, 3.05) is 11.9 Å². The third-order valence-corrected chi connectivity index (χ3v) is 4.40. The average molecular weight is 259 g/mol. The Morgan fingerprint density at radius 1 is 1.37 bits per heavy atom. The number of hydrogen-bond acceptors (Lipinski definition) is 6. The topological polar surface area (TPSA) is 80.0 Å². The van der Waals surface area contributed by atoms with Gasteiger partial charge in [0.15, 0.2) is 11.5 Å². The molecular weight excluding hydrogens is 242 g/mol. The molecule has 1 atom stereocenters. The molecule has 1 saturated carbocycles. The highest BCUT2D eigenvalue weighted by Crippen LogP contribution is 2.38. The zero-order chi connectivity index (χ0) is 12.7. The van der Waals surface area contributed by atoms with E-state index in [1.807, 2.05) is 0 Å². The Kier molecular flexibility index (Phi) is 2.41. The van der Waals surface area contributed by atoms with Crippen LogP contribution in [0.15, 0.2) is 12.4 Å². The van der Waals surface area contributed by atoms with Crippen molar-refractivity contribution in [3.05, 3.63) is 12.4 Å². The second kappa shape index (κ2) is 4.12. The summed E-state index contributed by atoms with van der Waals surface area (Å²) in [5, 5.41) is 18.8. The van der Waals surface area contributed by atoms with E-state index in [0.717, 1.165) is 18.8 Å². The summed E-state index contributed by atoms with van der Waals surface area (Å²) in [6, 6.07) is 0.471. The van der Waals surface area contributed by atoms with Crippen LogP contribution in [0.25, 0.3) is 5.65 Å². The third-order valence-electron chi connectivity index (χ3n) is 4.40. The third kappa shape index (κ3) is 1.85. The summed E-state index contributed by atoms with van der Waals surface area (Å²) in [7, 11) is 0. The molecule has 2 N–H and O–H groups in total. The molecule has 7 nitrogen and oxygen atoms in total. The molecule has 1 spiro atoms. The van der Waals surface area contributed by atoms with Crippen LogP contribution in [0.3, 0.4) is 0 Å². The lowest BCUT2D eigenvalue weighted by molar-refractivity contribution is 0.135. The number of tetrazole rings is 1. The summed E-state index contributed by atoms with van der Waals surface area (Å²) in [5.74, 6) is 0.879. The Labute approximate surface area is 110 Å². The van der Waals surface area contributed by atoms with E-state index in [0.29, 0.717) is 17.2 Å². The minimum absolute atomic E-state index is 0.387. The van der Waals surface area contributed by atoms with Crippen LogP contribution in [0.4, 0.5) is 5.82 Å². The van der Waals surface area contributed by atoms with Gasteiger partial charge in [0.05, 0.1) is 12.4 Å². The molecule has 0 radical (unpaired) electrons. The molecule has 1 saturated heterocycles. The van der Waals surface area contributed by atoms with Crippen LogP contribution in [0, 0.1) is 0 Å². The van der Waals surface area contributed by atoms with Crippen LogP contribution in [-0.2, 0) is 0 Å². The minimum Gasteiger partial charge on any atom is -0.366 e. The van der Waals surface area contributed by atoms with Crippen molar-refractivity contribution in [3.8, 4) is 0 Å². The van der Waals surface area contributed by atoms with E-state index in [4.69, 9.17) is 0 Å². The van der Waals surface area contributed by atoms with Gasteiger partial charge in [0, 0.05) is 11.6 Å². The number of anilines is 1. The lowest BCUT2D eigenvalue weighted by Gasteiger charge is -2.48. The largest absolute Gasteiger partial charge is 0.366 e. The monoisotopic (exact) mass is 259 g/mol. The number of rotatable bonds is 2. The van der Waals surface area contributed by atoms with Crippen molar-refractivity contribution in [2.45, 2.75) is 43.7 Å². The predicted molar refractivity (Wildman–Crippen MR) is 69.8 cm³/mol. The molecule has 1 aliphatic heterocycles. The van der Waals surface area contributed by atoms with Crippen LogP contribution >= 0.6 is 0 Å². The van der Waals surface area contributed by atoms with Crippen LogP contribution in [-0.4, -0.2) is 43.2 Å². The van der Waals surface area contributed by atoms with Gasteiger partial charge in [-0.25, -0.2) is 0 Å². The quantitative estimate of drug-likeness (QED) is 0.822. The fourth-order valence-electron chi connectivity index (χ4n) is 3.25. The van der Waals surface area contributed by atoms with Crippen molar-refractivity contribution < 1.29 is 0 Å². The van der Waals surface area contributed by atoms with Gasteiger partial charge in [-0.3, -0.25) is 4.98 Å². The van der Waals surface area contributed by atoms with Crippen molar-refractivity contribution in [1.82, 2.24) is 30.3 Å². The maximum atomic E-state index is 4.18. The van der Waals surface area contributed by atoms with E-state index in [1.165, 1.54) is 25.7 Å². The summed E-state index contributed by atoms with van der Waals surface area (Å²) < 4.78 is 1.71. The molecule has 1 unspecified atom stereocenters. The fraction of sp³-hybridized carbons (Fsp3) is 0.667. The Morgan fingerprint density at radius 3 is 3.16 bits per heavy atom. The number of aromatic nitrogens is 5. The molecule has 7 heteroatoms. The molecule has 100 valence electrons. The standard InChI is InChI=1S/C12H17N7/c1-3-12(4-1)6-9(2-5-14-12)15-10-7-13-8-11-16-17-18-19(10)11/h7-9,14-15H,1-6H2. The summed E-state index contributed by atoms with van der Waals surface area (Å²) in [6.07, 6.45) is 9.71. The minimum atomic E-state index is 0.387. The molecule has 0 bridgehead atoms. The van der Waals surface area contributed by atoms with Gasteiger partial charge in [0.25, 0.3) is 0 Å². The zero-order valence-electron chi connectivity index (χ0n) is 10.7. The van der Waals surface area contributed by atoms with Crippen molar-refractivity contribution in [1.29, 1.82) is 0 Å². The van der Waals surface area contributed by atoms with Gasteiger partial charge in [0.2, 0.25) is 0 Å². The van der Waals surface area contributed by atoms with Crippen LogP contribution in [0.2, 0.25) is 0 Å². The van der Waals surface area contributed by atoms with Gasteiger partial charge >= 0.3 is 0 Å². The van der Waals surface area contributed by atoms with Gasteiger partial charge in [-0.05, 0) is 49.1 Å². The summed E-state index contributed by atoms with van der Waals surface area (Å²) in [5.41, 5.74) is 1.06. The van der Waals surface area contributed by atoms with Crippen molar-refractivity contribution in [2.24, 2.45) is 0 Å². The molecule has 19 heavy (non-hydrogen) atoms. The number of nitrogens with one attached hydrogen (secondary N) is 2. The van der Waals surface area contributed by atoms with Gasteiger partial charge in [0.1, 0.15) is 0 Å². The van der Waals surface area contributed by atoms with Crippen molar-refractivity contribution >= 4 is 11.5 Å². The van der Waals surface area contributed by atoms with Gasteiger partial charge < -0.3 is 10.6 Å². The highest BCUT2D eigenvalue weighted by Gasteiger charge is 2.40. The molecule has 1 aliphatic carbocycles. The lowest BCUT2D eigenvalue weighted by Crippen LogP contribution is -2.58. The SMILES string of the molecule is c1ncc2nnnn2c1NC1CCNC2(CCC2)C1. The fourth-order valence-corrected chi connectivity index (χ4v) is 3.25. The second-order valence-corrected chi connectivity index (χ2v) is 5.64. The molecule has 2 aliphatic rings. The summed E-state index contributed by atoms with van der Waals surface area (Å²) in [4.78, 5) is 4.18. The highest BCUT2D eigenvalue weighted by molar-refractivity contribution is 5.44. The normalized spacial score (nSPS) is 25.4. The van der Waals surface area contributed by atoms with E-state index >= 15 is 0 Å². The van der Waals surface area contributed by atoms with E-state index in [9.17, 15) is 0 Å². The Hall–Kier alpha value is -1.76. The molecule has 3 heterocycles. The molecular formula is C12H17N7. The van der Waals surface area contributed by atoms with Crippen LogP contribution < -0.4 is 10.6 Å².